The molecule has 0 radical (unpaired) electrons. The number of nitrogens with one attached hydrogen (secondary N) is 1. The predicted molar refractivity (Wildman–Crippen MR) is 105 cm³/mol. The SMILES string of the molecule is CCOC(=O)c1sc(NC(=O)c2ccc(F)cc2)c(C#N)c1-c1ccccc1. The summed E-state index contributed by atoms with van der Waals surface area (Å²) in [5, 5.41) is 12.6. The average molecular weight is 394 g/mol. The van der Waals surface area contributed by atoms with Crippen LogP contribution in [-0.4, -0.2) is 18.5 Å². The van der Waals surface area contributed by atoms with Crippen molar-refractivity contribution in [1.82, 2.24) is 0 Å². The summed E-state index contributed by atoms with van der Waals surface area (Å²) in [7, 11) is 0. The van der Waals surface area contributed by atoms with E-state index in [-0.39, 0.29) is 27.6 Å². The van der Waals surface area contributed by atoms with Crippen molar-refractivity contribution in [2.24, 2.45) is 0 Å². The number of hydrogen-bond acceptors (Lipinski definition) is 5. The molecule has 1 N–H and O–H groups in total. The molecule has 1 aromatic heterocycles. The smallest absolute Gasteiger partial charge is 0.349 e. The number of anilines is 1. The maximum absolute atomic E-state index is 13.1. The molecule has 3 rings (SSSR count). The lowest BCUT2D eigenvalue weighted by atomic mass is 10.0. The van der Waals surface area contributed by atoms with Crippen LogP contribution in [0.5, 0.6) is 0 Å². The van der Waals surface area contributed by atoms with E-state index in [1.54, 1.807) is 31.2 Å². The van der Waals surface area contributed by atoms with E-state index in [0.29, 0.717) is 11.1 Å². The first kappa shape index (κ1) is 19.3. The summed E-state index contributed by atoms with van der Waals surface area (Å²) < 4.78 is 18.2. The Morgan fingerprint density at radius 2 is 1.82 bits per heavy atom. The Bertz CT molecular complexity index is 1050. The first-order chi connectivity index (χ1) is 13.5. The van der Waals surface area contributed by atoms with Gasteiger partial charge in [-0.2, -0.15) is 5.26 Å². The molecule has 3 aromatic rings. The van der Waals surface area contributed by atoms with E-state index in [0.717, 1.165) is 11.3 Å². The van der Waals surface area contributed by atoms with Gasteiger partial charge >= 0.3 is 5.97 Å². The van der Waals surface area contributed by atoms with Crippen molar-refractivity contribution in [3.8, 4) is 17.2 Å². The zero-order valence-corrected chi connectivity index (χ0v) is 15.7. The van der Waals surface area contributed by atoms with Gasteiger partial charge in [0.25, 0.3) is 5.91 Å². The van der Waals surface area contributed by atoms with Gasteiger partial charge in [0.1, 0.15) is 21.8 Å². The van der Waals surface area contributed by atoms with Crippen molar-refractivity contribution in [2.75, 3.05) is 11.9 Å². The highest BCUT2D eigenvalue weighted by Crippen LogP contribution is 2.40. The van der Waals surface area contributed by atoms with Gasteiger partial charge < -0.3 is 10.1 Å². The summed E-state index contributed by atoms with van der Waals surface area (Å²) in [5.41, 5.74) is 1.49. The second-order valence-electron chi connectivity index (χ2n) is 5.67. The zero-order valence-electron chi connectivity index (χ0n) is 14.9. The normalized spacial score (nSPS) is 10.2. The fourth-order valence-electron chi connectivity index (χ4n) is 2.62. The van der Waals surface area contributed by atoms with Gasteiger partial charge in [-0.1, -0.05) is 30.3 Å². The highest BCUT2D eigenvalue weighted by Gasteiger charge is 2.26. The van der Waals surface area contributed by atoms with Crippen LogP contribution in [0.15, 0.2) is 54.6 Å². The molecule has 5 nitrogen and oxygen atoms in total. The lowest BCUT2D eigenvalue weighted by Gasteiger charge is -2.05. The monoisotopic (exact) mass is 394 g/mol. The molecular weight excluding hydrogens is 379 g/mol. The zero-order chi connectivity index (χ0) is 20.1. The van der Waals surface area contributed by atoms with Gasteiger partial charge in [0.15, 0.2) is 0 Å². The number of carbonyl (C=O) groups is 2. The molecule has 28 heavy (non-hydrogen) atoms. The maximum Gasteiger partial charge on any atom is 0.349 e. The van der Waals surface area contributed by atoms with Crippen LogP contribution >= 0.6 is 11.3 Å². The molecule has 0 aliphatic heterocycles. The van der Waals surface area contributed by atoms with Gasteiger partial charge in [-0.3, -0.25) is 4.79 Å². The highest BCUT2D eigenvalue weighted by atomic mass is 32.1. The molecule has 7 heteroatoms. The predicted octanol–water partition coefficient (Wildman–Crippen LogP) is 4.85. The first-order valence-electron chi connectivity index (χ1n) is 8.41. The molecule has 140 valence electrons. The molecule has 2 aromatic carbocycles. The van der Waals surface area contributed by atoms with E-state index in [1.807, 2.05) is 6.07 Å². The van der Waals surface area contributed by atoms with Gasteiger partial charge in [0, 0.05) is 11.1 Å². The van der Waals surface area contributed by atoms with Crippen molar-refractivity contribution in [2.45, 2.75) is 6.92 Å². The lowest BCUT2D eigenvalue weighted by molar-refractivity contribution is 0.0532. The summed E-state index contributed by atoms with van der Waals surface area (Å²) in [4.78, 5) is 25.2. The van der Waals surface area contributed by atoms with Crippen LogP contribution in [0.25, 0.3) is 11.1 Å². The Morgan fingerprint density at radius 3 is 2.43 bits per heavy atom. The molecule has 0 unspecified atom stereocenters. The van der Waals surface area contributed by atoms with Crippen LogP contribution in [0.2, 0.25) is 0 Å². The number of hydrogen-bond donors (Lipinski definition) is 1. The summed E-state index contributed by atoms with van der Waals surface area (Å²) in [6.07, 6.45) is 0. The van der Waals surface area contributed by atoms with Crippen LogP contribution in [0, 0.1) is 17.1 Å². The fourth-order valence-corrected chi connectivity index (χ4v) is 3.68. The number of thiophene rings is 1. The van der Waals surface area contributed by atoms with Gasteiger partial charge in [0.05, 0.1) is 12.2 Å². The Balaban J connectivity index is 2.06. The molecule has 0 saturated carbocycles. The van der Waals surface area contributed by atoms with E-state index in [9.17, 15) is 19.2 Å². The highest BCUT2D eigenvalue weighted by molar-refractivity contribution is 7.19. The van der Waals surface area contributed by atoms with Gasteiger partial charge in [0.2, 0.25) is 0 Å². The summed E-state index contributed by atoms with van der Waals surface area (Å²) >= 11 is 0.977. The number of rotatable bonds is 5. The Morgan fingerprint density at radius 1 is 1.14 bits per heavy atom. The van der Waals surface area contributed by atoms with Crippen LogP contribution in [0.1, 0.15) is 32.5 Å². The molecule has 0 aliphatic rings. The van der Waals surface area contributed by atoms with E-state index in [4.69, 9.17) is 4.74 Å². The van der Waals surface area contributed by atoms with Crippen molar-refractivity contribution in [1.29, 1.82) is 5.26 Å². The minimum Gasteiger partial charge on any atom is -0.462 e. The van der Waals surface area contributed by atoms with E-state index < -0.39 is 17.7 Å². The lowest BCUT2D eigenvalue weighted by Crippen LogP contribution is -2.11. The number of nitrogens with zero attached hydrogens (tertiary/aromatic N) is 1. The number of nitriles is 1. The third-order valence-corrected chi connectivity index (χ3v) is 4.96. The summed E-state index contributed by atoms with van der Waals surface area (Å²) in [5.74, 6) is -1.53. The Labute approximate surface area is 165 Å². The van der Waals surface area contributed by atoms with Crippen molar-refractivity contribution < 1.29 is 18.7 Å². The number of amides is 1. The molecule has 0 aliphatic carbocycles. The molecule has 1 heterocycles. The van der Waals surface area contributed by atoms with Crippen molar-refractivity contribution in [3.05, 3.63) is 76.4 Å². The van der Waals surface area contributed by atoms with Gasteiger partial charge in [-0.05, 0) is 36.8 Å². The third kappa shape index (κ3) is 3.92. The molecule has 0 fully saturated rings. The largest absolute Gasteiger partial charge is 0.462 e. The second-order valence-corrected chi connectivity index (χ2v) is 6.69. The van der Waals surface area contributed by atoms with Crippen LogP contribution in [0.3, 0.4) is 0 Å². The van der Waals surface area contributed by atoms with E-state index in [2.05, 4.69) is 11.4 Å². The van der Waals surface area contributed by atoms with Crippen LogP contribution in [-0.2, 0) is 4.74 Å². The molecule has 1 amide bonds. The molecule has 0 bridgehead atoms. The fraction of sp³-hybridized carbons (Fsp3) is 0.0952. The summed E-state index contributed by atoms with van der Waals surface area (Å²) in [6, 6.07) is 16.1. The number of ether oxygens (including phenoxy) is 1. The molecule has 0 atom stereocenters. The topological polar surface area (TPSA) is 79.2 Å². The number of halogens is 1. The molecule has 0 saturated heterocycles. The van der Waals surface area contributed by atoms with Crippen LogP contribution < -0.4 is 5.32 Å². The van der Waals surface area contributed by atoms with Gasteiger partial charge in [-0.15, -0.1) is 11.3 Å². The van der Waals surface area contributed by atoms with E-state index in [1.165, 1.54) is 24.3 Å². The second kappa shape index (κ2) is 8.46. The number of benzene rings is 2. The number of carbonyl (C=O) groups excluding carboxylic acids is 2. The molecular formula is C21H15FN2O3S. The van der Waals surface area contributed by atoms with Gasteiger partial charge in [-0.25, -0.2) is 9.18 Å². The summed E-state index contributed by atoms with van der Waals surface area (Å²) in [6.45, 7) is 1.88. The quantitative estimate of drug-likeness (QED) is 0.627. The third-order valence-electron chi connectivity index (χ3n) is 3.88. The van der Waals surface area contributed by atoms with Crippen molar-refractivity contribution >= 4 is 28.2 Å². The van der Waals surface area contributed by atoms with Crippen LogP contribution in [0.4, 0.5) is 9.39 Å². The van der Waals surface area contributed by atoms with E-state index >= 15 is 0 Å². The van der Waals surface area contributed by atoms with Crippen molar-refractivity contribution in [3.63, 3.8) is 0 Å². The average Bonchev–Trinajstić information content (AvgIpc) is 3.07. The Hall–Kier alpha value is -3.50. The minimum atomic E-state index is -0.565. The molecule has 0 spiro atoms. The maximum atomic E-state index is 13.1. The Kier molecular flexibility index (Phi) is 5.82. The number of esters is 1. The standard InChI is InChI=1S/C21H15FN2O3S/c1-2-27-21(26)18-17(13-6-4-3-5-7-13)16(12-23)20(28-18)24-19(25)14-8-10-15(22)11-9-14/h3-11H,2H2,1H3,(H,24,25). The minimum absolute atomic E-state index is 0.176. The first-order valence-corrected chi connectivity index (χ1v) is 9.23.